The van der Waals surface area contributed by atoms with Crippen LogP contribution < -0.4 is 10.1 Å². The minimum atomic E-state index is -0.228. The Morgan fingerprint density at radius 1 is 1.03 bits per heavy atom. The lowest BCUT2D eigenvalue weighted by Gasteiger charge is -2.11. The molecular weight excluding hydrogens is 400 g/mol. The van der Waals surface area contributed by atoms with Crippen LogP contribution in [0.25, 0.3) is 22.6 Å². The van der Waals surface area contributed by atoms with Crippen molar-refractivity contribution in [1.82, 2.24) is 4.98 Å². The van der Waals surface area contributed by atoms with Gasteiger partial charge in [-0.05, 0) is 72.4 Å². The van der Waals surface area contributed by atoms with Gasteiger partial charge in [0, 0.05) is 11.3 Å². The van der Waals surface area contributed by atoms with Gasteiger partial charge in [0.2, 0.25) is 5.89 Å². The van der Waals surface area contributed by atoms with Crippen LogP contribution in [-0.4, -0.2) is 17.5 Å². The summed E-state index contributed by atoms with van der Waals surface area (Å²) < 4.78 is 11.5. The zero-order chi connectivity index (χ0) is 22.5. The Balaban J connectivity index is 1.38. The van der Waals surface area contributed by atoms with E-state index in [1.807, 2.05) is 48.5 Å². The van der Waals surface area contributed by atoms with Crippen molar-refractivity contribution in [3.63, 3.8) is 0 Å². The molecule has 0 aliphatic heterocycles. The molecule has 0 aliphatic carbocycles. The molecule has 1 N–H and O–H groups in total. The average Bonchev–Trinajstić information content (AvgIpc) is 3.26. The highest BCUT2D eigenvalue weighted by molar-refractivity contribution is 5.94. The summed E-state index contributed by atoms with van der Waals surface area (Å²) in [6, 6.07) is 21.5. The first-order valence-corrected chi connectivity index (χ1v) is 11.1. The van der Waals surface area contributed by atoms with Crippen molar-refractivity contribution in [2.45, 2.75) is 39.5 Å². The molecule has 1 aromatic heterocycles. The summed E-state index contributed by atoms with van der Waals surface area (Å²) in [5.41, 5.74) is 5.49. The van der Waals surface area contributed by atoms with Gasteiger partial charge in [0.1, 0.15) is 11.3 Å². The second-order valence-corrected chi connectivity index (χ2v) is 7.97. The summed E-state index contributed by atoms with van der Waals surface area (Å²) in [5, 5.41) is 2.86. The van der Waals surface area contributed by atoms with Crippen LogP contribution in [0.2, 0.25) is 0 Å². The fraction of sp³-hybridized carbons (Fsp3) is 0.259. The zero-order valence-electron chi connectivity index (χ0n) is 18.7. The number of rotatable bonds is 8. The molecule has 1 amide bonds. The molecule has 0 aliphatic rings. The number of carbonyl (C=O) groups excluding carboxylic acids is 1. The first-order chi connectivity index (χ1) is 15.6. The SMILES string of the molecule is CCc1ccc(-c2nc3cc(NC(=O)COc4ccc([C@H](C)CC)cc4)ccc3o2)cc1. The molecule has 0 spiro atoms. The van der Waals surface area contributed by atoms with E-state index in [9.17, 15) is 4.79 Å². The molecule has 0 unspecified atom stereocenters. The Hall–Kier alpha value is -3.60. The van der Waals surface area contributed by atoms with Crippen LogP contribution in [0, 0.1) is 0 Å². The summed E-state index contributed by atoms with van der Waals surface area (Å²) in [6.07, 6.45) is 2.08. The van der Waals surface area contributed by atoms with Crippen molar-refractivity contribution in [2.75, 3.05) is 11.9 Å². The van der Waals surface area contributed by atoms with E-state index in [1.165, 1.54) is 11.1 Å². The highest BCUT2D eigenvalue weighted by atomic mass is 16.5. The number of aromatic nitrogens is 1. The van der Waals surface area contributed by atoms with Crippen LogP contribution in [0.4, 0.5) is 5.69 Å². The zero-order valence-corrected chi connectivity index (χ0v) is 18.7. The van der Waals surface area contributed by atoms with Gasteiger partial charge < -0.3 is 14.5 Å². The highest BCUT2D eigenvalue weighted by Crippen LogP contribution is 2.27. The van der Waals surface area contributed by atoms with Crippen molar-refractivity contribution < 1.29 is 13.9 Å². The molecule has 164 valence electrons. The van der Waals surface area contributed by atoms with Crippen molar-refractivity contribution in [3.05, 3.63) is 77.9 Å². The predicted octanol–water partition coefficient (Wildman–Crippen LogP) is 6.59. The van der Waals surface area contributed by atoms with Crippen molar-refractivity contribution in [2.24, 2.45) is 0 Å². The van der Waals surface area contributed by atoms with Crippen LogP contribution in [0.5, 0.6) is 5.75 Å². The van der Waals surface area contributed by atoms with E-state index in [-0.39, 0.29) is 12.5 Å². The third kappa shape index (κ3) is 4.99. The lowest BCUT2D eigenvalue weighted by atomic mass is 9.99. The molecule has 32 heavy (non-hydrogen) atoms. The number of aryl methyl sites for hydroxylation is 1. The minimum Gasteiger partial charge on any atom is -0.484 e. The highest BCUT2D eigenvalue weighted by Gasteiger charge is 2.11. The summed E-state index contributed by atoms with van der Waals surface area (Å²) in [7, 11) is 0. The quantitative estimate of drug-likeness (QED) is 0.344. The molecule has 1 atom stereocenters. The number of carbonyl (C=O) groups is 1. The Kier molecular flexibility index (Phi) is 6.55. The van der Waals surface area contributed by atoms with Gasteiger partial charge in [-0.15, -0.1) is 0 Å². The lowest BCUT2D eigenvalue weighted by molar-refractivity contribution is -0.118. The molecule has 4 aromatic rings. The van der Waals surface area contributed by atoms with Gasteiger partial charge >= 0.3 is 0 Å². The normalized spacial score (nSPS) is 12.0. The third-order valence-corrected chi connectivity index (χ3v) is 5.71. The Morgan fingerprint density at radius 2 is 1.78 bits per heavy atom. The molecule has 0 saturated heterocycles. The molecule has 5 heteroatoms. The van der Waals surface area contributed by atoms with E-state index in [1.54, 1.807) is 6.07 Å². The van der Waals surface area contributed by atoms with Crippen LogP contribution in [0.15, 0.2) is 71.1 Å². The largest absolute Gasteiger partial charge is 0.484 e. The van der Waals surface area contributed by atoms with Gasteiger partial charge in [-0.3, -0.25) is 4.79 Å². The fourth-order valence-corrected chi connectivity index (χ4v) is 3.49. The van der Waals surface area contributed by atoms with E-state index in [4.69, 9.17) is 9.15 Å². The molecular formula is C27H28N2O3. The number of hydrogen-bond acceptors (Lipinski definition) is 4. The topological polar surface area (TPSA) is 64.4 Å². The number of hydrogen-bond donors (Lipinski definition) is 1. The number of amides is 1. The summed E-state index contributed by atoms with van der Waals surface area (Å²) in [6.45, 7) is 6.42. The maximum Gasteiger partial charge on any atom is 0.262 e. The van der Waals surface area contributed by atoms with Gasteiger partial charge in [-0.25, -0.2) is 4.98 Å². The second-order valence-electron chi connectivity index (χ2n) is 7.97. The third-order valence-electron chi connectivity index (χ3n) is 5.71. The molecule has 0 fully saturated rings. The number of oxazole rings is 1. The van der Waals surface area contributed by atoms with Gasteiger partial charge in [0.05, 0.1) is 0 Å². The molecule has 0 radical (unpaired) electrons. The van der Waals surface area contributed by atoms with Crippen LogP contribution in [0.3, 0.4) is 0 Å². The van der Waals surface area contributed by atoms with Crippen molar-refractivity contribution in [3.8, 4) is 17.2 Å². The standard InChI is InChI=1S/C27H28N2O3/c1-4-18(3)20-10-13-23(14-11-20)31-17-26(30)28-22-12-15-25-24(16-22)29-27(32-25)21-8-6-19(5-2)7-9-21/h6-16,18H,4-5,17H2,1-3H3,(H,28,30)/t18-/m1/s1. The monoisotopic (exact) mass is 428 g/mol. The van der Waals surface area contributed by atoms with E-state index < -0.39 is 0 Å². The van der Waals surface area contributed by atoms with E-state index in [0.717, 1.165) is 18.4 Å². The van der Waals surface area contributed by atoms with Crippen molar-refractivity contribution >= 4 is 22.7 Å². The van der Waals surface area contributed by atoms with E-state index >= 15 is 0 Å². The molecule has 3 aromatic carbocycles. The van der Waals surface area contributed by atoms with Crippen molar-refractivity contribution in [1.29, 1.82) is 0 Å². The van der Waals surface area contributed by atoms with Gasteiger partial charge in [-0.1, -0.05) is 45.0 Å². The van der Waals surface area contributed by atoms with Crippen LogP contribution in [0.1, 0.15) is 44.2 Å². The van der Waals surface area contributed by atoms with Crippen LogP contribution >= 0.6 is 0 Å². The molecule has 5 nitrogen and oxygen atoms in total. The number of nitrogens with zero attached hydrogens (tertiary/aromatic N) is 1. The van der Waals surface area contributed by atoms with Crippen LogP contribution in [-0.2, 0) is 11.2 Å². The number of benzene rings is 3. The number of fused-ring (bicyclic) bond motifs is 1. The number of nitrogens with one attached hydrogen (secondary N) is 1. The fourth-order valence-electron chi connectivity index (χ4n) is 3.49. The Morgan fingerprint density at radius 3 is 2.47 bits per heavy atom. The van der Waals surface area contributed by atoms with Gasteiger partial charge in [0.15, 0.2) is 12.2 Å². The second kappa shape index (κ2) is 9.69. The van der Waals surface area contributed by atoms with E-state index in [2.05, 4.69) is 43.2 Å². The maximum atomic E-state index is 12.4. The smallest absolute Gasteiger partial charge is 0.262 e. The maximum absolute atomic E-state index is 12.4. The number of anilines is 1. The molecule has 0 saturated carbocycles. The summed E-state index contributed by atoms with van der Waals surface area (Å²) in [4.78, 5) is 16.9. The number of ether oxygens (including phenoxy) is 1. The minimum absolute atomic E-state index is 0.0610. The molecule has 4 rings (SSSR count). The summed E-state index contributed by atoms with van der Waals surface area (Å²) in [5.74, 6) is 1.53. The first kappa shape index (κ1) is 21.6. The molecule has 0 bridgehead atoms. The van der Waals surface area contributed by atoms with E-state index in [0.29, 0.717) is 34.3 Å². The predicted molar refractivity (Wildman–Crippen MR) is 128 cm³/mol. The Labute approximate surface area is 188 Å². The summed E-state index contributed by atoms with van der Waals surface area (Å²) >= 11 is 0. The first-order valence-electron chi connectivity index (χ1n) is 11.1. The van der Waals surface area contributed by atoms with Gasteiger partial charge in [0.25, 0.3) is 5.91 Å². The lowest BCUT2D eigenvalue weighted by Crippen LogP contribution is -2.20. The average molecular weight is 429 g/mol. The van der Waals surface area contributed by atoms with Gasteiger partial charge in [-0.2, -0.15) is 0 Å². The molecule has 1 heterocycles. The Bertz CT molecular complexity index is 1190.